The first-order chi connectivity index (χ1) is 13.3. The van der Waals surface area contributed by atoms with Crippen LogP contribution in [0.15, 0.2) is 42.5 Å². The van der Waals surface area contributed by atoms with Gasteiger partial charge in [0.1, 0.15) is 11.9 Å². The summed E-state index contributed by atoms with van der Waals surface area (Å²) in [6, 6.07) is 9.34. The number of benzene rings is 2. The van der Waals surface area contributed by atoms with Crippen molar-refractivity contribution in [2.24, 2.45) is 0 Å². The molecule has 2 aromatic carbocycles. The number of urea groups is 1. The molecule has 0 spiro atoms. The Hall–Kier alpha value is -3.95. The highest BCUT2D eigenvalue weighted by molar-refractivity contribution is 6.21. The second-order valence-electron chi connectivity index (χ2n) is 5.94. The van der Waals surface area contributed by atoms with Crippen LogP contribution in [0, 0.1) is 10.1 Å². The number of nitrogens with one attached hydrogen (secondary N) is 2. The molecule has 144 valence electrons. The maximum atomic E-state index is 12.4. The molecule has 2 aromatic rings. The molecule has 10 heteroatoms. The number of carbonyl (C=O) groups excluding carboxylic acids is 3. The first kappa shape index (κ1) is 18.8. The Balaban J connectivity index is 1.74. The average molecular weight is 384 g/mol. The zero-order valence-electron chi connectivity index (χ0n) is 15.0. The van der Waals surface area contributed by atoms with Crippen LogP contribution in [0.3, 0.4) is 0 Å². The van der Waals surface area contributed by atoms with Crippen molar-refractivity contribution >= 4 is 29.2 Å². The van der Waals surface area contributed by atoms with Gasteiger partial charge in [-0.15, -0.1) is 0 Å². The maximum Gasteiger partial charge on any atom is 0.320 e. The van der Waals surface area contributed by atoms with Crippen LogP contribution in [0.25, 0.3) is 0 Å². The number of nitrogens with zero attached hydrogens (tertiary/aromatic N) is 2. The minimum absolute atomic E-state index is 0.0729. The maximum absolute atomic E-state index is 12.4. The topological polar surface area (TPSA) is 131 Å². The third-order valence-corrected chi connectivity index (χ3v) is 4.19. The molecule has 28 heavy (non-hydrogen) atoms. The lowest BCUT2D eigenvalue weighted by Gasteiger charge is -2.23. The first-order valence-electron chi connectivity index (χ1n) is 8.20. The Morgan fingerprint density at radius 1 is 1.14 bits per heavy atom. The molecule has 0 aromatic heterocycles. The summed E-state index contributed by atoms with van der Waals surface area (Å²) in [5.41, 5.74) is 0.372. The number of rotatable bonds is 5. The van der Waals surface area contributed by atoms with E-state index in [2.05, 4.69) is 10.6 Å². The van der Waals surface area contributed by atoms with Crippen LogP contribution >= 0.6 is 0 Å². The number of fused-ring (bicyclic) bond motifs is 1. The smallest absolute Gasteiger partial charge is 0.320 e. The Labute approximate surface area is 159 Å². The fraction of sp³-hybridized carbons (Fsp3) is 0.167. The highest BCUT2D eigenvalue weighted by atomic mass is 16.6. The number of hydrogen-bond donors (Lipinski definition) is 2. The molecule has 4 amide bonds. The Kier molecular flexibility index (Phi) is 4.94. The van der Waals surface area contributed by atoms with Gasteiger partial charge < -0.3 is 15.4 Å². The van der Waals surface area contributed by atoms with E-state index >= 15 is 0 Å². The summed E-state index contributed by atoms with van der Waals surface area (Å²) < 4.78 is 5.08. The number of hydrogen-bond acceptors (Lipinski definition) is 6. The molecule has 0 saturated carbocycles. The van der Waals surface area contributed by atoms with E-state index in [0.29, 0.717) is 0 Å². The predicted molar refractivity (Wildman–Crippen MR) is 98.2 cm³/mol. The van der Waals surface area contributed by atoms with E-state index in [4.69, 9.17) is 4.74 Å². The lowest BCUT2D eigenvalue weighted by atomic mass is 10.1. The molecular weight excluding hydrogens is 368 g/mol. The molecule has 3 rings (SSSR count). The van der Waals surface area contributed by atoms with Gasteiger partial charge in [-0.25, -0.2) is 4.79 Å². The zero-order valence-corrected chi connectivity index (χ0v) is 15.0. The molecule has 0 aliphatic carbocycles. The molecule has 2 N–H and O–H groups in total. The average Bonchev–Trinajstić information content (AvgIpc) is 2.92. The molecule has 10 nitrogen and oxygen atoms in total. The summed E-state index contributed by atoms with van der Waals surface area (Å²) in [7, 11) is 1.35. The van der Waals surface area contributed by atoms with Gasteiger partial charge in [-0.05, 0) is 25.1 Å². The van der Waals surface area contributed by atoms with Crippen LogP contribution < -0.4 is 15.4 Å². The highest BCUT2D eigenvalue weighted by Crippen LogP contribution is 2.29. The second kappa shape index (κ2) is 7.35. The predicted octanol–water partition coefficient (Wildman–Crippen LogP) is 2.37. The van der Waals surface area contributed by atoms with Gasteiger partial charge in [0.15, 0.2) is 0 Å². The minimum atomic E-state index is -0.947. The number of nitro benzene ring substituents is 1. The van der Waals surface area contributed by atoms with E-state index in [9.17, 15) is 24.5 Å². The van der Waals surface area contributed by atoms with Gasteiger partial charge in [0, 0.05) is 12.1 Å². The van der Waals surface area contributed by atoms with Gasteiger partial charge in [-0.2, -0.15) is 0 Å². The van der Waals surface area contributed by atoms with Crippen LogP contribution in [0.4, 0.5) is 16.2 Å². The number of anilines is 1. The van der Waals surface area contributed by atoms with Gasteiger partial charge in [0.25, 0.3) is 17.5 Å². The SMILES string of the molecule is COc1ccc([N+](=O)[O-])cc1NC(=O)NC(C)N1C(=O)c2ccccc2C1=O. The standard InChI is InChI=1S/C18H16N4O6/c1-10(21-16(23)12-5-3-4-6-13(12)17(21)24)19-18(25)20-14-9-11(22(26)27)7-8-15(14)28-2/h3-10H,1-2H3,(H2,19,20,25). The zero-order chi connectivity index (χ0) is 20.4. The summed E-state index contributed by atoms with van der Waals surface area (Å²) in [4.78, 5) is 48.5. The molecule has 1 atom stereocenters. The second-order valence-corrected chi connectivity index (χ2v) is 5.94. The summed E-state index contributed by atoms with van der Waals surface area (Å²) >= 11 is 0. The number of nitro groups is 1. The highest BCUT2D eigenvalue weighted by Gasteiger charge is 2.38. The number of ether oxygens (including phenoxy) is 1. The summed E-state index contributed by atoms with van der Waals surface area (Å²) in [5.74, 6) is -0.809. The molecule has 1 heterocycles. The van der Waals surface area contributed by atoms with Crippen LogP contribution in [0.2, 0.25) is 0 Å². The molecular formula is C18H16N4O6. The Morgan fingerprint density at radius 3 is 2.29 bits per heavy atom. The lowest BCUT2D eigenvalue weighted by molar-refractivity contribution is -0.384. The van der Waals surface area contributed by atoms with Gasteiger partial charge in [0.05, 0.1) is 28.8 Å². The molecule has 0 saturated heterocycles. The first-order valence-corrected chi connectivity index (χ1v) is 8.20. The minimum Gasteiger partial charge on any atom is -0.495 e. The molecule has 1 aliphatic heterocycles. The number of amides is 4. The molecule has 0 fully saturated rings. The monoisotopic (exact) mass is 384 g/mol. The van der Waals surface area contributed by atoms with Crippen LogP contribution in [0.5, 0.6) is 5.75 Å². The normalized spacial score (nSPS) is 13.7. The van der Waals surface area contributed by atoms with Crippen molar-refractivity contribution in [2.75, 3.05) is 12.4 Å². The lowest BCUT2D eigenvalue weighted by Crippen LogP contribution is -2.50. The summed E-state index contributed by atoms with van der Waals surface area (Å²) in [5, 5.41) is 15.8. The van der Waals surface area contributed by atoms with Gasteiger partial charge in [0.2, 0.25) is 0 Å². The number of carbonyl (C=O) groups is 3. The fourth-order valence-electron chi connectivity index (χ4n) is 2.88. The van der Waals surface area contributed by atoms with Crippen molar-refractivity contribution in [3.05, 3.63) is 63.7 Å². The molecule has 1 aliphatic rings. The van der Waals surface area contributed by atoms with Crippen molar-refractivity contribution in [3.8, 4) is 5.75 Å². The van der Waals surface area contributed by atoms with Crippen LogP contribution in [-0.2, 0) is 0 Å². The fourth-order valence-corrected chi connectivity index (χ4v) is 2.88. The van der Waals surface area contributed by atoms with Crippen molar-refractivity contribution < 1.29 is 24.0 Å². The van der Waals surface area contributed by atoms with Crippen molar-refractivity contribution in [1.29, 1.82) is 0 Å². The Bertz CT molecular complexity index is 955. The van der Waals surface area contributed by atoms with Gasteiger partial charge in [-0.3, -0.25) is 24.6 Å². The number of methoxy groups -OCH3 is 1. The Morgan fingerprint density at radius 2 is 1.75 bits per heavy atom. The summed E-state index contributed by atoms with van der Waals surface area (Å²) in [6.45, 7) is 1.48. The molecule has 1 unspecified atom stereocenters. The summed E-state index contributed by atoms with van der Waals surface area (Å²) in [6.07, 6.45) is -0.947. The van der Waals surface area contributed by atoms with E-state index in [1.54, 1.807) is 12.1 Å². The van der Waals surface area contributed by atoms with Crippen molar-refractivity contribution in [2.45, 2.75) is 13.1 Å². The number of imide groups is 1. The molecule has 0 bridgehead atoms. The van der Waals surface area contributed by atoms with Crippen LogP contribution in [0.1, 0.15) is 27.6 Å². The third-order valence-electron chi connectivity index (χ3n) is 4.19. The largest absolute Gasteiger partial charge is 0.495 e. The van der Waals surface area contributed by atoms with Gasteiger partial charge in [-0.1, -0.05) is 12.1 Å². The van der Waals surface area contributed by atoms with E-state index in [0.717, 1.165) is 11.0 Å². The van der Waals surface area contributed by atoms with Crippen molar-refractivity contribution in [3.63, 3.8) is 0 Å². The van der Waals surface area contributed by atoms with E-state index < -0.39 is 28.9 Å². The number of non-ortho nitro benzene ring substituents is 1. The molecule has 0 radical (unpaired) electrons. The van der Waals surface area contributed by atoms with Crippen LogP contribution in [-0.4, -0.2) is 40.9 Å². The quantitative estimate of drug-likeness (QED) is 0.462. The third kappa shape index (κ3) is 3.34. The van der Waals surface area contributed by atoms with E-state index in [1.165, 1.54) is 38.3 Å². The van der Waals surface area contributed by atoms with Crippen molar-refractivity contribution in [1.82, 2.24) is 10.2 Å². The van der Waals surface area contributed by atoms with Gasteiger partial charge >= 0.3 is 6.03 Å². The van der Waals surface area contributed by atoms with E-state index in [1.807, 2.05) is 0 Å². The van der Waals surface area contributed by atoms with E-state index in [-0.39, 0.29) is 28.3 Å².